The van der Waals surface area contributed by atoms with E-state index in [4.69, 9.17) is 5.11 Å². The molecule has 4 N–H and O–H groups in total. The SMILES string of the molecule is CC(NC(=O)CCCC(=O)O)c1ccc2[nH]c(=O)[nH]c2c1. The van der Waals surface area contributed by atoms with Crippen molar-refractivity contribution in [1.29, 1.82) is 0 Å². The van der Waals surface area contributed by atoms with E-state index in [0.717, 1.165) is 5.56 Å². The summed E-state index contributed by atoms with van der Waals surface area (Å²) >= 11 is 0. The van der Waals surface area contributed by atoms with Crippen LogP contribution in [0.3, 0.4) is 0 Å². The maximum Gasteiger partial charge on any atom is 0.323 e. The van der Waals surface area contributed by atoms with Gasteiger partial charge in [0.05, 0.1) is 17.1 Å². The Kier molecular flexibility index (Phi) is 4.42. The molecule has 0 fully saturated rings. The zero-order chi connectivity index (χ0) is 15.4. The molecule has 0 aliphatic carbocycles. The van der Waals surface area contributed by atoms with E-state index >= 15 is 0 Å². The highest BCUT2D eigenvalue weighted by molar-refractivity contribution is 5.78. The lowest BCUT2D eigenvalue weighted by molar-refractivity contribution is -0.137. The molecule has 1 amide bonds. The van der Waals surface area contributed by atoms with Crippen molar-refractivity contribution in [2.24, 2.45) is 0 Å². The van der Waals surface area contributed by atoms with Gasteiger partial charge in [-0.15, -0.1) is 0 Å². The second kappa shape index (κ2) is 6.25. The standard InChI is InChI=1S/C14H17N3O4/c1-8(15-12(18)3-2-4-13(19)20)9-5-6-10-11(7-9)17-14(21)16-10/h5-8H,2-4H2,1H3,(H,15,18)(H,19,20)(H2,16,17,21). The summed E-state index contributed by atoms with van der Waals surface area (Å²) < 4.78 is 0. The topological polar surface area (TPSA) is 115 Å². The number of imidazole rings is 1. The minimum Gasteiger partial charge on any atom is -0.481 e. The number of aliphatic carboxylic acids is 1. The van der Waals surface area contributed by atoms with Crippen LogP contribution in [-0.4, -0.2) is 27.0 Å². The maximum atomic E-state index is 11.7. The first-order valence-corrected chi connectivity index (χ1v) is 6.69. The monoisotopic (exact) mass is 291 g/mol. The molecule has 21 heavy (non-hydrogen) atoms. The van der Waals surface area contributed by atoms with Crippen LogP contribution < -0.4 is 11.0 Å². The summed E-state index contributed by atoms with van der Waals surface area (Å²) in [5, 5.41) is 11.3. The molecule has 0 radical (unpaired) electrons. The summed E-state index contributed by atoms with van der Waals surface area (Å²) in [4.78, 5) is 38.6. The molecule has 0 aliphatic heterocycles. The number of benzene rings is 1. The van der Waals surface area contributed by atoms with Gasteiger partial charge in [-0.3, -0.25) is 9.59 Å². The number of carboxylic acid groups (broad SMARTS) is 1. The third-order valence-electron chi connectivity index (χ3n) is 3.21. The molecule has 0 bridgehead atoms. The molecule has 1 aromatic carbocycles. The first-order valence-electron chi connectivity index (χ1n) is 6.69. The number of carbonyl (C=O) groups excluding carboxylic acids is 1. The molecule has 7 heteroatoms. The molecule has 0 aliphatic rings. The highest BCUT2D eigenvalue weighted by atomic mass is 16.4. The van der Waals surface area contributed by atoms with Crippen molar-refractivity contribution in [3.8, 4) is 0 Å². The Hall–Kier alpha value is -2.57. The zero-order valence-corrected chi connectivity index (χ0v) is 11.6. The van der Waals surface area contributed by atoms with Gasteiger partial charge in [-0.1, -0.05) is 6.07 Å². The number of rotatable bonds is 6. The van der Waals surface area contributed by atoms with E-state index in [9.17, 15) is 14.4 Å². The van der Waals surface area contributed by atoms with Crippen LogP contribution in [0.15, 0.2) is 23.0 Å². The van der Waals surface area contributed by atoms with Gasteiger partial charge in [-0.05, 0) is 31.0 Å². The number of H-pyrrole nitrogens is 2. The van der Waals surface area contributed by atoms with Crippen LogP contribution in [0.25, 0.3) is 11.0 Å². The smallest absolute Gasteiger partial charge is 0.323 e. The molecule has 1 heterocycles. The van der Waals surface area contributed by atoms with Gasteiger partial charge in [0.25, 0.3) is 0 Å². The molecule has 2 rings (SSSR count). The van der Waals surface area contributed by atoms with Gasteiger partial charge < -0.3 is 20.4 Å². The lowest BCUT2D eigenvalue weighted by atomic mass is 10.1. The van der Waals surface area contributed by atoms with Crippen molar-refractivity contribution in [3.05, 3.63) is 34.2 Å². The predicted molar refractivity (Wildman–Crippen MR) is 77.0 cm³/mol. The number of aromatic amines is 2. The van der Waals surface area contributed by atoms with Crippen molar-refractivity contribution in [2.75, 3.05) is 0 Å². The molecule has 2 aromatic rings. The van der Waals surface area contributed by atoms with E-state index in [1.54, 1.807) is 12.1 Å². The van der Waals surface area contributed by atoms with E-state index in [0.29, 0.717) is 17.5 Å². The van der Waals surface area contributed by atoms with Gasteiger partial charge in [0.15, 0.2) is 0 Å². The maximum absolute atomic E-state index is 11.7. The number of nitrogens with one attached hydrogen (secondary N) is 3. The van der Waals surface area contributed by atoms with Gasteiger partial charge in [0, 0.05) is 12.8 Å². The van der Waals surface area contributed by atoms with E-state index in [1.807, 2.05) is 13.0 Å². The quantitative estimate of drug-likeness (QED) is 0.641. The van der Waals surface area contributed by atoms with E-state index in [2.05, 4.69) is 15.3 Å². The van der Waals surface area contributed by atoms with E-state index in [1.165, 1.54) is 0 Å². The van der Waals surface area contributed by atoms with Crippen LogP contribution in [0.1, 0.15) is 37.8 Å². The molecular formula is C14H17N3O4. The van der Waals surface area contributed by atoms with Crippen molar-refractivity contribution in [1.82, 2.24) is 15.3 Å². The average molecular weight is 291 g/mol. The lowest BCUT2D eigenvalue weighted by Crippen LogP contribution is -2.26. The van der Waals surface area contributed by atoms with Gasteiger partial charge in [-0.25, -0.2) is 4.79 Å². The lowest BCUT2D eigenvalue weighted by Gasteiger charge is -2.14. The van der Waals surface area contributed by atoms with Crippen LogP contribution in [0.2, 0.25) is 0 Å². The van der Waals surface area contributed by atoms with Crippen LogP contribution in [0.5, 0.6) is 0 Å². The summed E-state index contributed by atoms with van der Waals surface area (Å²) in [5.74, 6) is -1.09. The zero-order valence-electron chi connectivity index (χ0n) is 11.6. The van der Waals surface area contributed by atoms with Crippen LogP contribution in [0.4, 0.5) is 0 Å². The summed E-state index contributed by atoms with van der Waals surface area (Å²) in [6, 6.07) is 5.18. The number of amides is 1. The molecule has 0 saturated carbocycles. The minimum atomic E-state index is -0.905. The Morgan fingerprint density at radius 2 is 1.95 bits per heavy atom. The van der Waals surface area contributed by atoms with Crippen molar-refractivity contribution >= 4 is 22.9 Å². The van der Waals surface area contributed by atoms with Gasteiger partial charge >= 0.3 is 11.7 Å². The van der Waals surface area contributed by atoms with Gasteiger partial charge in [-0.2, -0.15) is 0 Å². The molecule has 1 aromatic heterocycles. The Morgan fingerprint density at radius 1 is 1.24 bits per heavy atom. The Morgan fingerprint density at radius 3 is 2.67 bits per heavy atom. The van der Waals surface area contributed by atoms with E-state index < -0.39 is 5.97 Å². The Labute approximate surface area is 120 Å². The number of hydrogen-bond donors (Lipinski definition) is 4. The van der Waals surface area contributed by atoms with Crippen LogP contribution in [0, 0.1) is 0 Å². The van der Waals surface area contributed by atoms with Crippen molar-refractivity contribution < 1.29 is 14.7 Å². The van der Waals surface area contributed by atoms with Crippen LogP contribution >= 0.6 is 0 Å². The Bertz CT molecular complexity index is 716. The fraction of sp³-hybridized carbons (Fsp3) is 0.357. The highest BCUT2D eigenvalue weighted by Crippen LogP contribution is 2.17. The highest BCUT2D eigenvalue weighted by Gasteiger charge is 2.11. The number of carboxylic acids is 1. The second-order valence-electron chi connectivity index (χ2n) is 4.92. The molecule has 1 atom stereocenters. The number of carbonyl (C=O) groups is 2. The Balaban J connectivity index is 1.97. The first-order chi connectivity index (χ1) is 9.95. The summed E-state index contributed by atoms with van der Waals surface area (Å²) in [6.45, 7) is 1.83. The average Bonchev–Trinajstić information content (AvgIpc) is 2.76. The minimum absolute atomic E-state index is 0.0155. The molecule has 0 saturated heterocycles. The molecule has 112 valence electrons. The summed E-state index contributed by atoms with van der Waals surface area (Å²) in [6.07, 6.45) is 0.482. The number of fused-ring (bicyclic) bond motifs is 1. The molecule has 0 spiro atoms. The third-order valence-corrected chi connectivity index (χ3v) is 3.21. The third kappa shape index (κ3) is 3.95. The van der Waals surface area contributed by atoms with Gasteiger partial charge in [0.1, 0.15) is 0 Å². The van der Waals surface area contributed by atoms with Crippen molar-refractivity contribution in [3.63, 3.8) is 0 Å². The van der Waals surface area contributed by atoms with Crippen molar-refractivity contribution in [2.45, 2.75) is 32.2 Å². The first kappa shape index (κ1) is 14.8. The normalized spacial score (nSPS) is 12.2. The number of hydrogen-bond acceptors (Lipinski definition) is 3. The number of aromatic nitrogens is 2. The van der Waals surface area contributed by atoms with E-state index in [-0.39, 0.29) is 30.5 Å². The predicted octanol–water partition coefficient (Wildman–Crippen LogP) is 1.29. The van der Waals surface area contributed by atoms with Crippen LogP contribution in [-0.2, 0) is 9.59 Å². The second-order valence-corrected chi connectivity index (χ2v) is 4.92. The fourth-order valence-electron chi connectivity index (χ4n) is 2.12. The fourth-order valence-corrected chi connectivity index (χ4v) is 2.12. The molecule has 7 nitrogen and oxygen atoms in total. The summed E-state index contributed by atoms with van der Waals surface area (Å²) in [5.41, 5.74) is 1.99. The molecular weight excluding hydrogens is 274 g/mol. The largest absolute Gasteiger partial charge is 0.481 e. The molecule has 1 unspecified atom stereocenters. The summed E-state index contributed by atoms with van der Waals surface area (Å²) in [7, 11) is 0. The van der Waals surface area contributed by atoms with Gasteiger partial charge in [0.2, 0.25) is 5.91 Å².